The third kappa shape index (κ3) is 2.13. The van der Waals surface area contributed by atoms with Crippen molar-refractivity contribution in [2.45, 2.75) is 25.6 Å². The molecule has 2 atom stereocenters. The summed E-state index contributed by atoms with van der Waals surface area (Å²) in [6.07, 6.45) is 1.45. The number of nitrogens with two attached hydrogens (primary N) is 1. The van der Waals surface area contributed by atoms with E-state index in [0.717, 1.165) is 10.9 Å². The van der Waals surface area contributed by atoms with Crippen molar-refractivity contribution in [3.05, 3.63) is 18.3 Å². The summed E-state index contributed by atoms with van der Waals surface area (Å²) in [7, 11) is 0. The van der Waals surface area contributed by atoms with Crippen molar-refractivity contribution < 1.29 is 14.6 Å². The molecular formula is C13H17N3O3. The Kier molecular flexibility index (Phi) is 3.04. The lowest BCUT2D eigenvalue weighted by Gasteiger charge is -2.26. The summed E-state index contributed by atoms with van der Waals surface area (Å²) in [5.74, 6) is 1.32. The van der Waals surface area contributed by atoms with E-state index in [-0.39, 0.29) is 18.8 Å². The molecule has 1 aliphatic rings. The number of aliphatic hydroxyl groups excluding tert-OH is 1. The summed E-state index contributed by atoms with van der Waals surface area (Å²) in [5.41, 5.74) is 6.70. The van der Waals surface area contributed by atoms with Gasteiger partial charge in [-0.2, -0.15) is 5.10 Å². The molecule has 2 heterocycles. The zero-order valence-corrected chi connectivity index (χ0v) is 10.7. The van der Waals surface area contributed by atoms with Crippen LogP contribution in [0.5, 0.6) is 11.5 Å². The maximum absolute atomic E-state index is 9.21. The van der Waals surface area contributed by atoms with Crippen LogP contribution in [0.1, 0.15) is 6.92 Å². The number of aromatic nitrogens is 2. The molecule has 0 spiro atoms. The number of nitrogens with zero attached hydrogens (tertiary/aromatic N) is 2. The average Bonchev–Trinajstić information content (AvgIpc) is 2.81. The maximum Gasteiger partial charge on any atom is 0.187 e. The van der Waals surface area contributed by atoms with Gasteiger partial charge in [0.25, 0.3) is 0 Å². The Hall–Kier alpha value is -1.79. The first-order valence-corrected chi connectivity index (χ1v) is 6.33. The molecule has 0 fully saturated rings. The summed E-state index contributed by atoms with van der Waals surface area (Å²) in [5, 5.41) is 14.5. The zero-order valence-electron chi connectivity index (χ0n) is 10.7. The predicted molar refractivity (Wildman–Crippen MR) is 70.4 cm³/mol. The lowest BCUT2D eigenvalue weighted by molar-refractivity contribution is 0.0468. The number of benzene rings is 1. The monoisotopic (exact) mass is 263 g/mol. The van der Waals surface area contributed by atoms with Gasteiger partial charge in [-0.15, -0.1) is 0 Å². The molecule has 0 amide bonds. The second-order valence-electron chi connectivity index (χ2n) is 4.87. The summed E-state index contributed by atoms with van der Waals surface area (Å²) in [4.78, 5) is 0. The third-order valence-electron chi connectivity index (χ3n) is 3.09. The van der Waals surface area contributed by atoms with Gasteiger partial charge in [-0.25, -0.2) is 0 Å². The maximum atomic E-state index is 9.21. The molecule has 1 aromatic carbocycles. The van der Waals surface area contributed by atoms with E-state index in [2.05, 4.69) is 5.10 Å². The fourth-order valence-corrected chi connectivity index (χ4v) is 2.24. The molecule has 0 aliphatic carbocycles. The molecule has 1 aliphatic heterocycles. The summed E-state index contributed by atoms with van der Waals surface area (Å²) < 4.78 is 13.2. The van der Waals surface area contributed by atoms with Gasteiger partial charge in [0.1, 0.15) is 12.1 Å². The minimum absolute atomic E-state index is 0.00268. The van der Waals surface area contributed by atoms with Crippen LogP contribution in [-0.2, 0) is 6.54 Å². The smallest absolute Gasteiger partial charge is 0.187 e. The van der Waals surface area contributed by atoms with Gasteiger partial charge in [-0.3, -0.25) is 4.68 Å². The van der Waals surface area contributed by atoms with Crippen LogP contribution in [0.25, 0.3) is 10.9 Å². The molecule has 1 aromatic heterocycles. The number of aliphatic hydroxyl groups is 1. The molecule has 3 rings (SSSR count). The van der Waals surface area contributed by atoms with E-state index < -0.39 is 0 Å². The van der Waals surface area contributed by atoms with Gasteiger partial charge < -0.3 is 20.3 Å². The van der Waals surface area contributed by atoms with Crippen molar-refractivity contribution >= 4 is 10.9 Å². The van der Waals surface area contributed by atoms with Gasteiger partial charge in [-0.05, 0) is 19.1 Å². The average molecular weight is 263 g/mol. The largest absolute Gasteiger partial charge is 0.486 e. The minimum Gasteiger partial charge on any atom is -0.486 e. The van der Waals surface area contributed by atoms with Crippen LogP contribution in [0.2, 0.25) is 0 Å². The molecule has 2 aromatic rings. The second kappa shape index (κ2) is 4.71. The van der Waals surface area contributed by atoms with Gasteiger partial charge in [0.05, 0.1) is 19.3 Å². The Labute approximate surface area is 110 Å². The van der Waals surface area contributed by atoms with Gasteiger partial charge in [-0.1, -0.05) is 0 Å². The summed E-state index contributed by atoms with van der Waals surface area (Å²) in [6, 6.07) is 3.81. The molecular weight excluding hydrogens is 246 g/mol. The first-order valence-electron chi connectivity index (χ1n) is 6.33. The third-order valence-corrected chi connectivity index (χ3v) is 3.09. The van der Waals surface area contributed by atoms with Crippen LogP contribution in [0.4, 0.5) is 0 Å². The van der Waals surface area contributed by atoms with Crippen LogP contribution in [-0.4, -0.2) is 40.2 Å². The van der Waals surface area contributed by atoms with E-state index in [0.29, 0.717) is 24.7 Å². The first-order chi connectivity index (χ1) is 9.19. The molecule has 0 saturated carbocycles. The van der Waals surface area contributed by atoms with Crippen molar-refractivity contribution in [2.24, 2.45) is 5.73 Å². The zero-order chi connectivity index (χ0) is 13.4. The Balaban J connectivity index is 2.11. The number of ether oxygens (including phenoxy) is 2. The molecule has 0 bridgehead atoms. The van der Waals surface area contributed by atoms with Crippen molar-refractivity contribution in [2.75, 3.05) is 13.2 Å². The van der Waals surface area contributed by atoms with Crippen LogP contribution in [0.3, 0.4) is 0 Å². The van der Waals surface area contributed by atoms with Gasteiger partial charge in [0, 0.05) is 11.4 Å². The summed E-state index contributed by atoms with van der Waals surface area (Å²) in [6.45, 7) is 2.82. The number of fused-ring (bicyclic) bond motifs is 3. The Bertz CT molecular complexity index is 594. The minimum atomic E-state index is -0.336. The highest BCUT2D eigenvalue weighted by atomic mass is 16.6. The van der Waals surface area contributed by atoms with E-state index in [1.807, 2.05) is 23.7 Å². The fraction of sp³-hybridized carbons (Fsp3) is 0.462. The van der Waals surface area contributed by atoms with Gasteiger partial charge >= 0.3 is 0 Å². The highest BCUT2D eigenvalue weighted by Gasteiger charge is 2.24. The number of hydrogen-bond donors (Lipinski definition) is 2. The Morgan fingerprint density at radius 3 is 3.16 bits per heavy atom. The van der Waals surface area contributed by atoms with E-state index in [1.54, 1.807) is 6.20 Å². The molecule has 6 nitrogen and oxygen atoms in total. The molecule has 19 heavy (non-hydrogen) atoms. The standard InChI is InChI=1S/C13H17N3O3/c1-8(14)5-16-12-9(4-15-16)2-3-11-13(12)19-10(6-17)7-18-11/h2-4,8,10,17H,5-7,14H2,1H3/t8-,10?/m0/s1. The number of hydrogen-bond acceptors (Lipinski definition) is 5. The fourth-order valence-electron chi connectivity index (χ4n) is 2.24. The SMILES string of the molecule is C[C@H](N)Cn1ncc2ccc3c(c21)OC(CO)CO3. The lowest BCUT2D eigenvalue weighted by atomic mass is 10.2. The molecule has 0 radical (unpaired) electrons. The van der Waals surface area contributed by atoms with Crippen LogP contribution in [0, 0.1) is 0 Å². The highest BCUT2D eigenvalue weighted by Crippen LogP contribution is 2.38. The predicted octanol–water partition coefficient (Wildman–Crippen LogP) is 0.516. The van der Waals surface area contributed by atoms with Crippen LogP contribution < -0.4 is 15.2 Å². The quantitative estimate of drug-likeness (QED) is 0.843. The first kappa shape index (κ1) is 12.3. The molecule has 0 saturated heterocycles. The molecule has 3 N–H and O–H groups in total. The van der Waals surface area contributed by atoms with Crippen LogP contribution >= 0.6 is 0 Å². The Morgan fingerprint density at radius 2 is 2.42 bits per heavy atom. The van der Waals surface area contributed by atoms with Gasteiger partial charge in [0.15, 0.2) is 17.6 Å². The van der Waals surface area contributed by atoms with E-state index >= 15 is 0 Å². The van der Waals surface area contributed by atoms with E-state index in [9.17, 15) is 5.11 Å². The Morgan fingerprint density at radius 1 is 1.58 bits per heavy atom. The van der Waals surface area contributed by atoms with Crippen molar-refractivity contribution in [1.29, 1.82) is 0 Å². The van der Waals surface area contributed by atoms with Crippen molar-refractivity contribution in [1.82, 2.24) is 9.78 Å². The molecule has 6 heteroatoms. The van der Waals surface area contributed by atoms with Crippen LogP contribution in [0.15, 0.2) is 18.3 Å². The van der Waals surface area contributed by atoms with Crippen molar-refractivity contribution in [3.63, 3.8) is 0 Å². The molecule has 1 unspecified atom stereocenters. The molecule has 102 valence electrons. The topological polar surface area (TPSA) is 82.5 Å². The number of rotatable bonds is 3. The second-order valence-corrected chi connectivity index (χ2v) is 4.87. The van der Waals surface area contributed by atoms with Gasteiger partial charge in [0.2, 0.25) is 0 Å². The highest BCUT2D eigenvalue weighted by molar-refractivity contribution is 5.87. The van der Waals surface area contributed by atoms with E-state index in [4.69, 9.17) is 15.2 Å². The normalized spacial score (nSPS) is 19.6. The lowest BCUT2D eigenvalue weighted by Crippen LogP contribution is -2.32. The van der Waals surface area contributed by atoms with E-state index in [1.165, 1.54) is 0 Å². The van der Waals surface area contributed by atoms with Crippen molar-refractivity contribution in [3.8, 4) is 11.5 Å². The summed E-state index contributed by atoms with van der Waals surface area (Å²) >= 11 is 0.